The van der Waals surface area contributed by atoms with Crippen molar-refractivity contribution in [3.05, 3.63) is 42.7 Å². The standard InChI is InChI=1S/C21H23N5O4S/c1-2-31(27,28)26-7-5-14(6-8-26)10-25-11-16(19-20(22)23-12-24-21(19)25)15-3-4-17-18(9-15)30-13-29-17/h2-4,9,11-12,14H,1,5-8,10,13H2,(H2,22,23,24). The summed E-state index contributed by atoms with van der Waals surface area (Å²) in [5.41, 5.74) is 8.87. The van der Waals surface area contributed by atoms with Gasteiger partial charge in [0.05, 0.1) is 5.39 Å². The number of benzene rings is 1. The first-order valence-electron chi connectivity index (χ1n) is 10.1. The zero-order valence-corrected chi connectivity index (χ0v) is 17.7. The van der Waals surface area contributed by atoms with Crippen LogP contribution in [0.4, 0.5) is 5.82 Å². The monoisotopic (exact) mass is 441 g/mol. The second-order valence-corrected chi connectivity index (χ2v) is 9.65. The van der Waals surface area contributed by atoms with Crippen molar-refractivity contribution in [3.8, 4) is 22.6 Å². The van der Waals surface area contributed by atoms with Crippen LogP contribution in [-0.2, 0) is 16.6 Å². The van der Waals surface area contributed by atoms with Gasteiger partial charge in [-0.15, -0.1) is 0 Å². The molecule has 0 radical (unpaired) electrons. The molecule has 1 aromatic carbocycles. The van der Waals surface area contributed by atoms with Crippen LogP contribution >= 0.6 is 0 Å². The van der Waals surface area contributed by atoms with Crippen LogP contribution < -0.4 is 15.2 Å². The summed E-state index contributed by atoms with van der Waals surface area (Å²) in [7, 11) is -3.36. The fourth-order valence-corrected chi connectivity index (χ4v) is 5.23. The van der Waals surface area contributed by atoms with Crippen LogP contribution in [0, 0.1) is 5.92 Å². The number of piperidine rings is 1. The van der Waals surface area contributed by atoms with Crippen molar-refractivity contribution in [1.29, 1.82) is 0 Å². The fraction of sp³-hybridized carbons (Fsp3) is 0.333. The van der Waals surface area contributed by atoms with Gasteiger partial charge in [0.15, 0.2) is 11.5 Å². The van der Waals surface area contributed by atoms with E-state index in [0.29, 0.717) is 30.6 Å². The molecule has 0 unspecified atom stereocenters. The Hall–Kier alpha value is -3.11. The highest BCUT2D eigenvalue weighted by Crippen LogP contribution is 2.39. The smallest absolute Gasteiger partial charge is 0.235 e. The van der Waals surface area contributed by atoms with Crippen LogP contribution in [0.3, 0.4) is 0 Å². The lowest BCUT2D eigenvalue weighted by Gasteiger charge is -2.30. The first kappa shape index (κ1) is 19.8. The van der Waals surface area contributed by atoms with Crippen molar-refractivity contribution < 1.29 is 17.9 Å². The van der Waals surface area contributed by atoms with Crippen molar-refractivity contribution in [2.24, 2.45) is 5.92 Å². The van der Waals surface area contributed by atoms with Crippen LogP contribution in [0.5, 0.6) is 11.5 Å². The van der Waals surface area contributed by atoms with Gasteiger partial charge in [-0.1, -0.05) is 12.6 Å². The summed E-state index contributed by atoms with van der Waals surface area (Å²) < 4.78 is 38.6. The Morgan fingerprint density at radius 3 is 2.74 bits per heavy atom. The number of rotatable bonds is 5. The molecule has 0 bridgehead atoms. The average Bonchev–Trinajstić information content (AvgIpc) is 3.39. The number of anilines is 1. The zero-order valence-electron chi connectivity index (χ0n) is 16.9. The number of hydrogen-bond donors (Lipinski definition) is 1. The molecule has 0 amide bonds. The van der Waals surface area contributed by atoms with Gasteiger partial charge in [0, 0.05) is 36.8 Å². The summed E-state index contributed by atoms with van der Waals surface area (Å²) in [6.07, 6.45) is 5.05. The van der Waals surface area contributed by atoms with Crippen LogP contribution in [0.15, 0.2) is 42.7 Å². The number of nitrogen functional groups attached to an aromatic ring is 1. The van der Waals surface area contributed by atoms with E-state index in [1.165, 1.54) is 10.6 Å². The number of sulfonamides is 1. The molecule has 1 fully saturated rings. The van der Waals surface area contributed by atoms with Gasteiger partial charge in [0.2, 0.25) is 16.8 Å². The SMILES string of the molecule is C=CS(=O)(=O)N1CCC(Cn2cc(-c3ccc4c(c3)OCO4)c3c(N)ncnc32)CC1. The average molecular weight is 442 g/mol. The Balaban J connectivity index is 1.46. The highest BCUT2D eigenvalue weighted by molar-refractivity contribution is 7.92. The predicted octanol–water partition coefficient (Wildman–Crippen LogP) is 2.59. The van der Waals surface area contributed by atoms with E-state index in [4.69, 9.17) is 15.2 Å². The van der Waals surface area contributed by atoms with Gasteiger partial charge in [0.1, 0.15) is 17.8 Å². The van der Waals surface area contributed by atoms with Gasteiger partial charge in [0.25, 0.3) is 0 Å². The van der Waals surface area contributed by atoms with Crippen LogP contribution in [-0.4, -0.2) is 47.1 Å². The van der Waals surface area contributed by atoms with E-state index >= 15 is 0 Å². The number of hydrogen-bond acceptors (Lipinski definition) is 7. The highest BCUT2D eigenvalue weighted by Gasteiger charge is 2.27. The molecule has 1 saturated heterocycles. The molecule has 2 aliphatic rings. The third-order valence-electron chi connectivity index (χ3n) is 5.97. The lowest BCUT2D eigenvalue weighted by molar-refractivity contribution is 0.174. The first-order chi connectivity index (χ1) is 15.0. The zero-order chi connectivity index (χ0) is 21.6. The second-order valence-electron chi connectivity index (χ2n) is 7.77. The molecule has 2 aliphatic heterocycles. The van der Waals surface area contributed by atoms with Gasteiger partial charge < -0.3 is 19.8 Å². The number of nitrogens with zero attached hydrogens (tertiary/aromatic N) is 4. The molecule has 162 valence electrons. The van der Waals surface area contributed by atoms with Crippen LogP contribution in [0.25, 0.3) is 22.2 Å². The third-order valence-corrected chi connectivity index (χ3v) is 7.47. The Morgan fingerprint density at radius 1 is 1.19 bits per heavy atom. The van der Waals surface area contributed by atoms with Gasteiger partial charge in [-0.3, -0.25) is 0 Å². The molecule has 0 saturated carbocycles. The normalized spacial score (nSPS) is 17.3. The van der Waals surface area contributed by atoms with Crippen molar-refractivity contribution in [1.82, 2.24) is 18.8 Å². The Kier molecular flexibility index (Phi) is 4.82. The maximum atomic E-state index is 12.0. The summed E-state index contributed by atoms with van der Waals surface area (Å²) in [5.74, 6) is 2.17. The largest absolute Gasteiger partial charge is 0.454 e. The van der Waals surface area contributed by atoms with Gasteiger partial charge in [-0.25, -0.2) is 18.4 Å². The molecule has 0 atom stereocenters. The van der Waals surface area contributed by atoms with Crippen molar-refractivity contribution in [2.45, 2.75) is 19.4 Å². The molecular weight excluding hydrogens is 418 g/mol. The minimum Gasteiger partial charge on any atom is -0.454 e. The number of fused-ring (bicyclic) bond motifs is 2. The van der Waals surface area contributed by atoms with Crippen molar-refractivity contribution >= 4 is 26.9 Å². The van der Waals surface area contributed by atoms with Crippen LogP contribution in [0.1, 0.15) is 12.8 Å². The van der Waals surface area contributed by atoms with E-state index in [1.54, 1.807) is 0 Å². The van der Waals surface area contributed by atoms with Crippen LogP contribution in [0.2, 0.25) is 0 Å². The maximum Gasteiger partial charge on any atom is 0.235 e. The summed E-state index contributed by atoms with van der Waals surface area (Å²) in [4.78, 5) is 8.68. The Bertz CT molecular complexity index is 1260. The minimum absolute atomic E-state index is 0.214. The topological polar surface area (TPSA) is 113 Å². The Morgan fingerprint density at radius 2 is 1.97 bits per heavy atom. The predicted molar refractivity (Wildman–Crippen MR) is 117 cm³/mol. The lowest BCUT2D eigenvalue weighted by Crippen LogP contribution is -2.38. The maximum absolute atomic E-state index is 12.0. The van der Waals surface area contributed by atoms with Crippen molar-refractivity contribution in [2.75, 3.05) is 25.6 Å². The molecule has 31 heavy (non-hydrogen) atoms. The molecule has 2 N–H and O–H groups in total. The van der Waals surface area contributed by atoms with E-state index in [1.807, 2.05) is 24.4 Å². The summed E-state index contributed by atoms with van der Waals surface area (Å²) >= 11 is 0. The summed E-state index contributed by atoms with van der Waals surface area (Å²) in [6, 6.07) is 5.79. The molecule has 10 heteroatoms. The fourth-order valence-electron chi connectivity index (χ4n) is 4.30. The molecule has 0 spiro atoms. The summed E-state index contributed by atoms with van der Waals surface area (Å²) in [6.45, 7) is 5.33. The number of ether oxygens (including phenoxy) is 2. The first-order valence-corrected chi connectivity index (χ1v) is 11.6. The summed E-state index contributed by atoms with van der Waals surface area (Å²) in [5, 5.41) is 1.82. The minimum atomic E-state index is -3.36. The van der Waals surface area contributed by atoms with Gasteiger partial charge in [-0.05, 0) is 36.5 Å². The van der Waals surface area contributed by atoms with E-state index in [0.717, 1.165) is 52.7 Å². The molecule has 5 rings (SSSR count). The quantitative estimate of drug-likeness (QED) is 0.647. The lowest BCUT2D eigenvalue weighted by atomic mass is 9.98. The van der Waals surface area contributed by atoms with E-state index < -0.39 is 10.0 Å². The van der Waals surface area contributed by atoms with E-state index in [9.17, 15) is 8.42 Å². The van der Waals surface area contributed by atoms with Gasteiger partial charge in [-0.2, -0.15) is 4.31 Å². The van der Waals surface area contributed by atoms with Crippen molar-refractivity contribution in [3.63, 3.8) is 0 Å². The molecular formula is C21H23N5O4S. The second kappa shape index (κ2) is 7.54. The highest BCUT2D eigenvalue weighted by atomic mass is 32.2. The molecule has 0 aliphatic carbocycles. The van der Waals surface area contributed by atoms with E-state index in [2.05, 4.69) is 21.1 Å². The van der Waals surface area contributed by atoms with Gasteiger partial charge >= 0.3 is 0 Å². The molecule has 3 aromatic rings. The molecule has 9 nitrogen and oxygen atoms in total. The van der Waals surface area contributed by atoms with E-state index in [-0.39, 0.29) is 6.79 Å². The third kappa shape index (κ3) is 3.51. The number of nitrogens with two attached hydrogens (primary N) is 1. The number of aromatic nitrogens is 3. The Labute approximate surface area is 180 Å². The molecule has 4 heterocycles. The molecule has 2 aromatic heterocycles.